The highest BCUT2D eigenvalue weighted by Crippen LogP contribution is 2.15. The number of carboxylic acids is 2. The zero-order chi connectivity index (χ0) is 14.6. The van der Waals surface area contributed by atoms with Gasteiger partial charge < -0.3 is 10.2 Å². The fourth-order valence-corrected chi connectivity index (χ4v) is 1.51. The largest absolute Gasteiger partial charge is 0.481 e. The average Bonchev–Trinajstić information content (AvgIpc) is 2.35. The van der Waals surface area contributed by atoms with Crippen LogP contribution in [-0.2, 0) is 14.4 Å². The van der Waals surface area contributed by atoms with Gasteiger partial charge in [0.25, 0.3) is 5.78 Å². The van der Waals surface area contributed by atoms with Crippen LogP contribution in [0, 0.1) is 5.92 Å². The Morgan fingerprint density at radius 1 is 1.05 bits per heavy atom. The number of carbonyl (C=O) groups excluding carboxylic acids is 2. The lowest BCUT2D eigenvalue weighted by Crippen LogP contribution is -2.31. The van der Waals surface area contributed by atoms with E-state index in [-0.39, 0.29) is 5.56 Å². The van der Waals surface area contributed by atoms with Crippen LogP contribution in [0.25, 0.3) is 0 Å². The van der Waals surface area contributed by atoms with Gasteiger partial charge in [-0.15, -0.1) is 0 Å². The summed E-state index contributed by atoms with van der Waals surface area (Å²) in [6, 6.07) is 5.61. The van der Waals surface area contributed by atoms with Gasteiger partial charge in [0.2, 0.25) is 0 Å². The van der Waals surface area contributed by atoms with Crippen LogP contribution in [0.3, 0.4) is 0 Å². The molecule has 1 atom stereocenters. The summed E-state index contributed by atoms with van der Waals surface area (Å²) in [5.41, 5.74) is 0.161. The van der Waals surface area contributed by atoms with Gasteiger partial charge in [-0.05, 0) is 24.3 Å². The maximum Gasteiger partial charge on any atom is 0.373 e. The third-order valence-corrected chi connectivity index (χ3v) is 2.63. The van der Waals surface area contributed by atoms with Crippen LogP contribution in [-0.4, -0.2) is 33.7 Å². The predicted molar refractivity (Wildman–Crippen MR) is 64.2 cm³/mol. The molecule has 0 saturated heterocycles. The van der Waals surface area contributed by atoms with Gasteiger partial charge in [0.1, 0.15) is 5.92 Å². The highest BCUT2D eigenvalue weighted by Gasteiger charge is 2.33. The Morgan fingerprint density at radius 3 is 2.00 bits per heavy atom. The van der Waals surface area contributed by atoms with Crippen molar-refractivity contribution in [2.45, 2.75) is 6.42 Å². The molecule has 0 amide bonds. The van der Waals surface area contributed by atoms with Gasteiger partial charge in [-0.1, -0.05) is 11.6 Å². The molecule has 0 aliphatic heterocycles. The number of carboxylic acid groups (broad SMARTS) is 2. The second-order valence-electron chi connectivity index (χ2n) is 3.69. The van der Waals surface area contributed by atoms with Gasteiger partial charge in [0, 0.05) is 17.0 Å². The predicted octanol–water partition coefficient (Wildman–Crippen LogP) is 1.27. The summed E-state index contributed by atoms with van der Waals surface area (Å²) in [6.45, 7) is 0. The van der Waals surface area contributed by atoms with E-state index in [0.717, 1.165) is 0 Å². The summed E-state index contributed by atoms with van der Waals surface area (Å²) in [5.74, 6) is -7.57. The first kappa shape index (κ1) is 14.8. The molecule has 0 radical (unpaired) electrons. The number of benzene rings is 1. The number of hydrogen-bond acceptors (Lipinski definition) is 4. The quantitative estimate of drug-likeness (QED) is 0.462. The van der Waals surface area contributed by atoms with E-state index < -0.39 is 35.8 Å². The lowest BCUT2D eigenvalue weighted by Gasteiger charge is -2.07. The van der Waals surface area contributed by atoms with E-state index in [9.17, 15) is 19.2 Å². The van der Waals surface area contributed by atoms with E-state index in [4.69, 9.17) is 21.8 Å². The van der Waals surface area contributed by atoms with Crippen LogP contribution < -0.4 is 0 Å². The highest BCUT2D eigenvalue weighted by atomic mass is 35.5. The molecule has 0 spiro atoms. The number of hydrogen-bond donors (Lipinski definition) is 2. The fraction of sp³-hybridized carbons (Fsp3) is 0.167. The molecule has 1 unspecified atom stereocenters. The molecule has 0 bridgehead atoms. The summed E-state index contributed by atoms with van der Waals surface area (Å²) in [5, 5.41) is 17.7. The van der Waals surface area contributed by atoms with E-state index >= 15 is 0 Å². The first-order chi connectivity index (χ1) is 8.82. The van der Waals surface area contributed by atoms with Crippen molar-refractivity contribution in [2.75, 3.05) is 0 Å². The van der Waals surface area contributed by atoms with E-state index in [1.165, 1.54) is 24.3 Å². The Hall–Kier alpha value is -2.21. The SMILES string of the molecule is O=C(O)C(=O)C(CC(=O)c1ccc(Cl)cc1)C(=O)O. The van der Waals surface area contributed by atoms with Crippen molar-refractivity contribution in [3.8, 4) is 0 Å². The number of Topliss-reactive ketones (excluding diaryl/α,β-unsaturated/α-hetero) is 2. The molecule has 0 aliphatic carbocycles. The van der Waals surface area contributed by atoms with Crippen LogP contribution in [0.2, 0.25) is 5.02 Å². The van der Waals surface area contributed by atoms with Crippen LogP contribution in [0.4, 0.5) is 0 Å². The van der Waals surface area contributed by atoms with Crippen molar-refractivity contribution < 1.29 is 29.4 Å². The summed E-state index contributed by atoms with van der Waals surface area (Å²) in [7, 11) is 0. The van der Waals surface area contributed by atoms with Gasteiger partial charge in [-0.2, -0.15) is 0 Å². The van der Waals surface area contributed by atoms with Gasteiger partial charge in [-0.25, -0.2) is 4.79 Å². The van der Waals surface area contributed by atoms with Gasteiger partial charge in [0.05, 0.1) is 0 Å². The maximum atomic E-state index is 11.7. The topological polar surface area (TPSA) is 109 Å². The first-order valence-corrected chi connectivity index (χ1v) is 5.49. The van der Waals surface area contributed by atoms with E-state index in [1.54, 1.807) is 0 Å². The fourth-order valence-electron chi connectivity index (χ4n) is 1.38. The minimum atomic E-state index is -1.89. The van der Waals surface area contributed by atoms with E-state index in [0.29, 0.717) is 5.02 Å². The van der Waals surface area contributed by atoms with Crippen molar-refractivity contribution in [1.82, 2.24) is 0 Å². The molecule has 0 aliphatic rings. The van der Waals surface area contributed by atoms with Crippen LogP contribution >= 0.6 is 11.6 Å². The molecule has 0 saturated carbocycles. The molecule has 0 fully saturated rings. The minimum Gasteiger partial charge on any atom is -0.481 e. The zero-order valence-corrected chi connectivity index (χ0v) is 10.3. The molecule has 7 heteroatoms. The first-order valence-electron chi connectivity index (χ1n) is 5.11. The molecule has 0 heterocycles. The van der Waals surface area contributed by atoms with Crippen molar-refractivity contribution in [3.05, 3.63) is 34.9 Å². The summed E-state index contributed by atoms with van der Waals surface area (Å²) >= 11 is 5.63. The number of halogens is 1. The molecule has 1 aromatic carbocycles. The Morgan fingerprint density at radius 2 is 1.58 bits per heavy atom. The summed E-state index contributed by atoms with van der Waals surface area (Å²) < 4.78 is 0. The van der Waals surface area contributed by atoms with Crippen molar-refractivity contribution in [3.63, 3.8) is 0 Å². The number of aliphatic carboxylic acids is 2. The molecule has 6 nitrogen and oxygen atoms in total. The number of rotatable bonds is 6. The van der Waals surface area contributed by atoms with Crippen molar-refractivity contribution in [1.29, 1.82) is 0 Å². The van der Waals surface area contributed by atoms with E-state index in [1.807, 2.05) is 0 Å². The smallest absolute Gasteiger partial charge is 0.373 e. The molecule has 1 aromatic rings. The number of ketones is 2. The molecule has 100 valence electrons. The highest BCUT2D eigenvalue weighted by molar-refractivity contribution is 6.37. The van der Waals surface area contributed by atoms with E-state index in [2.05, 4.69) is 0 Å². The number of carbonyl (C=O) groups is 4. The Labute approximate surface area is 112 Å². The summed E-state index contributed by atoms with van der Waals surface area (Å²) in [4.78, 5) is 44.2. The molecular formula is C12H9ClO6. The van der Waals surface area contributed by atoms with Crippen molar-refractivity contribution in [2.24, 2.45) is 5.92 Å². The van der Waals surface area contributed by atoms with Gasteiger partial charge in [-0.3, -0.25) is 14.4 Å². The summed E-state index contributed by atoms with van der Waals surface area (Å²) in [6.07, 6.45) is -0.706. The Kier molecular flexibility index (Phi) is 4.77. The zero-order valence-electron chi connectivity index (χ0n) is 9.50. The third-order valence-electron chi connectivity index (χ3n) is 2.38. The lowest BCUT2D eigenvalue weighted by molar-refractivity contribution is -0.157. The Balaban J connectivity index is 2.88. The van der Waals surface area contributed by atoms with Gasteiger partial charge in [0.15, 0.2) is 5.78 Å². The monoisotopic (exact) mass is 284 g/mol. The Bertz CT molecular complexity index is 534. The molecule has 19 heavy (non-hydrogen) atoms. The van der Waals surface area contributed by atoms with Crippen LogP contribution in [0.15, 0.2) is 24.3 Å². The molecule has 1 rings (SSSR count). The minimum absolute atomic E-state index is 0.161. The molecule has 0 aromatic heterocycles. The lowest BCUT2D eigenvalue weighted by atomic mass is 9.94. The molecular weight excluding hydrogens is 276 g/mol. The van der Waals surface area contributed by atoms with Crippen LogP contribution in [0.1, 0.15) is 16.8 Å². The molecule has 2 N–H and O–H groups in total. The van der Waals surface area contributed by atoms with Crippen molar-refractivity contribution >= 4 is 35.1 Å². The van der Waals surface area contributed by atoms with Gasteiger partial charge >= 0.3 is 11.9 Å². The second kappa shape index (κ2) is 6.10. The average molecular weight is 285 g/mol. The third kappa shape index (κ3) is 3.89. The van der Waals surface area contributed by atoms with Crippen LogP contribution in [0.5, 0.6) is 0 Å². The normalized spacial score (nSPS) is 11.6. The second-order valence-corrected chi connectivity index (χ2v) is 4.13. The standard InChI is InChI=1S/C12H9ClO6/c13-7-3-1-6(2-4-7)9(14)5-8(11(16)17)10(15)12(18)19/h1-4,8H,5H2,(H,16,17)(H,18,19). The maximum absolute atomic E-state index is 11.7.